The number of hydrogen-bond donors (Lipinski definition) is 1. The molecule has 0 atom stereocenters. The van der Waals surface area contributed by atoms with Gasteiger partial charge in [0.05, 0.1) is 11.1 Å². The van der Waals surface area contributed by atoms with Crippen LogP contribution >= 0.6 is 0 Å². The number of aryl methyl sites for hydroxylation is 1. The minimum absolute atomic E-state index is 0.124. The average Bonchev–Trinajstić information content (AvgIpc) is 2.74. The Kier molecular flexibility index (Phi) is 3.93. The molecule has 2 rings (SSSR count). The number of hydrogen-bond acceptors (Lipinski definition) is 2. The summed E-state index contributed by atoms with van der Waals surface area (Å²) >= 11 is 0. The number of benzene rings is 1. The van der Waals surface area contributed by atoms with Crippen LogP contribution in [0.5, 0.6) is 0 Å². The van der Waals surface area contributed by atoms with E-state index in [9.17, 15) is 18.0 Å². The number of aromatic nitrogens is 2. The van der Waals surface area contributed by atoms with Gasteiger partial charge in [-0.1, -0.05) is 19.9 Å². The second-order valence-electron chi connectivity index (χ2n) is 5.25. The third-order valence-electron chi connectivity index (χ3n) is 3.19. The van der Waals surface area contributed by atoms with Gasteiger partial charge in [-0.05, 0) is 24.5 Å². The van der Waals surface area contributed by atoms with Crippen molar-refractivity contribution in [3.8, 4) is 0 Å². The summed E-state index contributed by atoms with van der Waals surface area (Å²) in [6.07, 6.45) is -4.07. The lowest BCUT2D eigenvalue weighted by Gasteiger charge is -2.12. The van der Waals surface area contributed by atoms with Gasteiger partial charge in [-0.15, -0.1) is 0 Å². The second kappa shape index (κ2) is 5.38. The SMILES string of the molecule is CC(C)CCn1c(C(F)(F)F)nc2c(C(=O)O)cccc21. The molecule has 0 unspecified atom stereocenters. The number of nitrogens with zero attached hydrogens (tertiary/aromatic N) is 2. The predicted octanol–water partition coefficient (Wildman–Crippen LogP) is 3.80. The number of halogens is 3. The van der Waals surface area contributed by atoms with Crippen molar-refractivity contribution in [2.24, 2.45) is 5.92 Å². The Morgan fingerprint density at radius 3 is 2.57 bits per heavy atom. The number of fused-ring (bicyclic) bond motifs is 1. The van der Waals surface area contributed by atoms with Crippen LogP contribution in [0.25, 0.3) is 11.0 Å². The standard InChI is InChI=1S/C14H15F3N2O2/c1-8(2)6-7-19-10-5-3-4-9(12(20)21)11(10)18-13(19)14(15,16)17/h3-5,8H,6-7H2,1-2H3,(H,20,21). The Bertz CT molecular complexity index is 675. The molecule has 0 fully saturated rings. The van der Waals surface area contributed by atoms with Crippen LogP contribution < -0.4 is 0 Å². The highest BCUT2D eigenvalue weighted by atomic mass is 19.4. The molecule has 7 heteroatoms. The zero-order chi connectivity index (χ0) is 15.8. The van der Waals surface area contributed by atoms with Crippen molar-refractivity contribution < 1.29 is 23.1 Å². The quantitative estimate of drug-likeness (QED) is 0.934. The van der Waals surface area contributed by atoms with E-state index in [4.69, 9.17) is 5.11 Å². The van der Waals surface area contributed by atoms with E-state index in [-0.39, 0.29) is 29.1 Å². The van der Waals surface area contributed by atoms with Crippen molar-refractivity contribution in [1.82, 2.24) is 9.55 Å². The highest BCUT2D eigenvalue weighted by Crippen LogP contribution is 2.33. The number of imidazole rings is 1. The fourth-order valence-electron chi connectivity index (χ4n) is 2.15. The molecule has 0 aliphatic carbocycles. The van der Waals surface area contributed by atoms with Crippen LogP contribution in [0.3, 0.4) is 0 Å². The van der Waals surface area contributed by atoms with E-state index in [0.717, 1.165) is 4.57 Å². The zero-order valence-electron chi connectivity index (χ0n) is 11.6. The van der Waals surface area contributed by atoms with E-state index in [1.54, 1.807) is 0 Å². The Labute approximate surface area is 119 Å². The molecule has 0 radical (unpaired) electrons. The van der Waals surface area contributed by atoms with E-state index in [0.29, 0.717) is 6.42 Å². The maximum Gasteiger partial charge on any atom is 0.449 e. The van der Waals surface area contributed by atoms with Crippen LogP contribution in [0.1, 0.15) is 36.5 Å². The van der Waals surface area contributed by atoms with Gasteiger partial charge < -0.3 is 9.67 Å². The van der Waals surface area contributed by atoms with Gasteiger partial charge in [0.2, 0.25) is 5.82 Å². The molecule has 114 valence electrons. The van der Waals surface area contributed by atoms with E-state index >= 15 is 0 Å². The lowest BCUT2D eigenvalue weighted by Crippen LogP contribution is -2.15. The predicted molar refractivity (Wildman–Crippen MR) is 71.1 cm³/mol. The summed E-state index contributed by atoms with van der Waals surface area (Å²) in [5.74, 6) is -2.11. The van der Waals surface area contributed by atoms with Gasteiger partial charge in [-0.25, -0.2) is 9.78 Å². The fourth-order valence-corrected chi connectivity index (χ4v) is 2.15. The monoisotopic (exact) mass is 300 g/mol. The molecule has 1 aromatic heterocycles. The minimum atomic E-state index is -4.62. The number of carbonyl (C=O) groups is 1. The first-order valence-corrected chi connectivity index (χ1v) is 6.51. The molecular weight excluding hydrogens is 285 g/mol. The lowest BCUT2D eigenvalue weighted by molar-refractivity contribution is -0.147. The third kappa shape index (κ3) is 3.01. The van der Waals surface area contributed by atoms with Crippen molar-refractivity contribution in [1.29, 1.82) is 0 Å². The Morgan fingerprint density at radius 2 is 2.05 bits per heavy atom. The first-order chi connectivity index (χ1) is 9.71. The summed E-state index contributed by atoms with van der Waals surface area (Å²) in [4.78, 5) is 14.7. The van der Waals surface area contributed by atoms with E-state index in [1.807, 2.05) is 13.8 Å². The Balaban J connectivity index is 2.67. The van der Waals surface area contributed by atoms with Crippen LogP contribution in [0.2, 0.25) is 0 Å². The van der Waals surface area contributed by atoms with Gasteiger partial charge in [-0.2, -0.15) is 13.2 Å². The average molecular weight is 300 g/mol. The van der Waals surface area contributed by atoms with E-state index < -0.39 is 18.0 Å². The maximum atomic E-state index is 13.1. The fraction of sp³-hybridized carbons (Fsp3) is 0.429. The second-order valence-corrected chi connectivity index (χ2v) is 5.25. The normalized spacial score (nSPS) is 12.3. The third-order valence-corrected chi connectivity index (χ3v) is 3.19. The molecule has 2 aromatic rings. The molecule has 0 saturated carbocycles. The summed E-state index contributed by atoms with van der Waals surface area (Å²) in [6.45, 7) is 3.97. The van der Waals surface area contributed by atoms with Gasteiger partial charge in [0.25, 0.3) is 0 Å². The molecule has 0 bridgehead atoms. The molecule has 0 amide bonds. The summed E-state index contributed by atoms with van der Waals surface area (Å²) in [7, 11) is 0. The van der Waals surface area contributed by atoms with Crippen LogP contribution in [0.4, 0.5) is 13.2 Å². The van der Waals surface area contributed by atoms with Crippen molar-refractivity contribution in [3.63, 3.8) is 0 Å². The molecular formula is C14H15F3N2O2. The molecule has 0 spiro atoms. The van der Waals surface area contributed by atoms with Crippen molar-refractivity contribution >= 4 is 17.0 Å². The van der Waals surface area contributed by atoms with E-state index in [1.165, 1.54) is 18.2 Å². The molecule has 0 aliphatic heterocycles. The van der Waals surface area contributed by atoms with Gasteiger partial charge in [0, 0.05) is 6.54 Å². The molecule has 1 N–H and O–H groups in total. The minimum Gasteiger partial charge on any atom is -0.478 e. The van der Waals surface area contributed by atoms with Crippen LogP contribution in [0, 0.1) is 5.92 Å². The molecule has 21 heavy (non-hydrogen) atoms. The number of alkyl halides is 3. The maximum absolute atomic E-state index is 13.1. The molecule has 0 aliphatic rings. The lowest BCUT2D eigenvalue weighted by atomic mass is 10.1. The summed E-state index contributed by atoms with van der Waals surface area (Å²) in [5, 5.41) is 9.07. The molecule has 1 heterocycles. The first kappa shape index (κ1) is 15.3. The molecule has 0 saturated heterocycles. The van der Waals surface area contributed by atoms with E-state index in [2.05, 4.69) is 4.98 Å². The molecule has 4 nitrogen and oxygen atoms in total. The van der Waals surface area contributed by atoms with Crippen LogP contribution in [-0.2, 0) is 12.7 Å². The number of carboxylic acid groups (broad SMARTS) is 1. The van der Waals surface area contributed by atoms with Gasteiger partial charge in [0.15, 0.2) is 0 Å². The summed E-state index contributed by atoms with van der Waals surface area (Å²) < 4.78 is 40.4. The number of para-hydroxylation sites is 1. The topological polar surface area (TPSA) is 55.1 Å². The Hall–Kier alpha value is -2.05. The highest BCUT2D eigenvalue weighted by molar-refractivity contribution is 6.01. The first-order valence-electron chi connectivity index (χ1n) is 6.51. The van der Waals surface area contributed by atoms with Gasteiger partial charge in [0.1, 0.15) is 5.52 Å². The Morgan fingerprint density at radius 1 is 1.38 bits per heavy atom. The zero-order valence-corrected chi connectivity index (χ0v) is 11.6. The van der Waals surface area contributed by atoms with Gasteiger partial charge in [-0.3, -0.25) is 0 Å². The summed E-state index contributed by atoms with van der Waals surface area (Å²) in [6, 6.07) is 4.15. The highest BCUT2D eigenvalue weighted by Gasteiger charge is 2.38. The number of carboxylic acids is 1. The number of aromatic carboxylic acids is 1. The summed E-state index contributed by atoms with van der Waals surface area (Å²) in [5.41, 5.74) is -0.148. The van der Waals surface area contributed by atoms with Gasteiger partial charge >= 0.3 is 12.1 Å². The smallest absolute Gasteiger partial charge is 0.449 e. The van der Waals surface area contributed by atoms with Crippen LogP contribution in [-0.4, -0.2) is 20.6 Å². The van der Waals surface area contributed by atoms with Crippen molar-refractivity contribution in [3.05, 3.63) is 29.6 Å². The number of rotatable bonds is 4. The van der Waals surface area contributed by atoms with Crippen LogP contribution in [0.15, 0.2) is 18.2 Å². The van der Waals surface area contributed by atoms with Crippen molar-refractivity contribution in [2.75, 3.05) is 0 Å². The molecule has 1 aromatic carbocycles. The van der Waals surface area contributed by atoms with Crippen molar-refractivity contribution in [2.45, 2.75) is 33.0 Å². The largest absolute Gasteiger partial charge is 0.478 e.